The Morgan fingerprint density at radius 3 is 1.77 bits per heavy atom. The predicted octanol–water partition coefficient (Wildman–Crippen LogP) is 3.42. The van der Waals surface area contributed by atoms with Gasteiger partial charge in [0.2, 0.25) is 0 Å². The minimum absolute atomic E-state index is 0.134. The number of aliphatic hydroxyl groups excluding tert-OH is 2. The van der Waals surface area contributed by atoms with E-state index in [1.165, 1.54) is 50.5 Å². The van der Waals surface area contributed by atoms with Crippen LogP contribution in [0.4, 0.5) is 0 Å². The topological polar surface area (TPSA) is 66.5 Å². The minimum atomic E-state index is -0.780. The quantitative estimate of drug-likeness (QED) is 0.489. The highest BCUT2D eigenvalue weighted by molar-refractivity contribution is 5.14. The third-order valence-electron chi connectivity index (χ3n) is 4.36. The molecule has 0 fully saturated rings. The Morgan fingerprint density at radius 1 is 0.727 bits per heavy atom. The van der Waals surface area contributed by atoms with Crippen LogP contribution in [0.5, 0.6) is 0 Å². The molecule has 126 valence electrons. The largest absolute Gasteiger partial charge is 0.394 e. The summed E-state index contributed by atoms with van der Waals surface area (Å²) in [7, 11) is 0. The number of aliphatic hydroxyl groups is 2. The Balaban J connectivity index is 1.88. The van der Waals surface area contributed by atoms with Crippen LogP contribution >= 0.6 is 0 Å². The van der Waals surface area contributed by atoms with Crippen LogP contribution in [-0.4, -0.2) is 29.0 Å². The van der Waals surface area contributed by atoms with E-state index in [4.69, 9.17) is 15.9 Å². The zero-order valence-corrected chi connectivity index (χ0v) is 13.8. The number of benzene rings is 1. The van der Waals surface area contributed by atoms with Gasteiger partial charge in [-0.05, 0) is 24.8 Å². The zero-order valence-electron chi connectivity index (χ0n) is 13.8. The van der Waals surface area contributed by atoms with E-state index >= 15 is 0 Å². The summed E-state index contributed by atoms with van der Waals surface area (Å²) in [5.41, 5.74) is 6.50. The SMILES string of the molecule is NC(CO)(CO)CCCCCCCCCCc1ccccc1. The van der Waals surface area contributed by atoms with E-state index in [-0.39, 0.29) is 13.2 Å². The van der Waals surface area contributed by atoms with Crippen molar-refractivity contribution >= 4 is 0 Å². The average molecular weight is 307 g/mol. The van der Waals surface area contributed by atoms with Crippen LogP contribution in [-0.2, 0) is 6.42 Å². The number of hydrogen-bond donors (Lipinski definition) is 3. The molecule has 0 bridgehead atoms. The maximum Gasteiger partial charge on any atom is 0.0633 e. The second-order valence-electron chi connectivity index (χ2n) is 6.49. The maximum atomic E-state index is 9.11. The van der Waals surface area contributed by atoms with Gasteiger partial charge >= 0.3 is 0 Å². The smallest absolute Gasteiger partial charge is 0.0633 e. The average Bonchev–Trinajstić information content (AvgIpc) is 2.57. The summed E-state index contributed by atoms with van der Waals surface area (Å²) < 4.78 is 0. The molecule has 0 aliphatic carbocycles. The van der Waals surface area contributed by atoms with Gasteiger partial charge < -0.3 is 15.9 Å². The molecule has 0 radical (unpaired) electrons. The third kappa shape index (κ3) is 8.52. The first-order chi connectivity index (χ1) is 10.7. The molecule has 0 aromatic heterocycles. The van der Waals surface area contributed by atoms with Gasteiger partial charge in [-0.1, -0.05) is 75.3 Å². The van der Waals surface area contributed by atoms with Crippen molar-refractivity contribution in [1.29, 1.82) is 0 Å². The number of aryl methyl sites for hydroxylation is 1. The molecule has 0 atom stereocenters. The molecule has 0 saturated carbocycles. The van der Waals surface area contributed by atoms with Gasteiger partial charge in [0, 0.05) is 0 Å². The van der Waals surface area contributed by atoms with E-state index < -0.39 is 5.54 Å². The normalized spacial score (nSPS) is 11.8. The molecular formula is C19H33NO2. The Bertz CT molecular complexity index is 363. The number of hydrogen-bond acceptors (Lipinski definition) is 3. The lowest BCUT2D eigenvalue weighted by molar-refractivity contribution is 0.112. The molecule has 0 unspecified atom stereocenters. The Kier molecular flexibility index (Phi) is 10.1. The van der Waals surface area contributed by atoms with Crippen LogP contribution in [0, 0.1) is 0 Å². The van der Waals surface area contributed by atoms with Crippen LogP contribution in [0.15, 0.2) is 30.3 Å². The summed E-state index contributed by atoms with van der Waals surface area (Å²) in [4.78, 5) is 0. The van der Waals surface area contributed by atoms with Crippen molar-refractivity contribution < 1.29 is 10.2 Å². The lowest BCUT2D eigenvalue weighted by Crippen LogP contribution is -2.47. The number of unbranched alkanes of at least 4 members (excludes halogenated alkanes) is 7. The van der Waals surface area contributed by atoms with Gasteiger partial charge in [-0.25, -0.2) is 0 Å². The van der Waals surface area contributed by atoms with Crippen molar-refractivity contribution in [3.63, 3.8) is 0 Å². The first kappa shape index (κ1) is 19.1. The van der Waals surface area contributed by atoms with Crippen molar-refractivity contribution in [2.75, 3.05) is 13.2 Å². The third-order valence-corrected chi connectivity index (χ3v) is 4.36. The van der Waals surface area contributed by atoms with Gasteiger partial charge in [-0.2, -0.15) is 0 Å². The van der Waals surface area contributed by atoms with Crippen LogP contribution in [0.3, 0.4) is 0 Å². The summed E-state index contributed by atoms with van der Waals surface area (Å²) in [6.07, 6.45) is 11.8. The van der Waals surface area contributed by atoms with Crippen LogP contribution < -0.4 is 5.73 Å². The number of rotatable bonds is 13. The van der Waals surface area contributed by atoms with E-state index in [9.17, 15) is 0 Å². The second-order valence-corrected chi connectivity index (χ2v) is 6.49. The summed E-state index contributed by atoms with van der Waals surface area (Å²) >= 11 is 0. The first-order valence-corrected chi connectivity index (χ1v) is 8.75. The molecular weight excluding hydrogens is 274 g/mol. The van der Waals surface area contributed by atoms with E-state index in [1.807, 2.05) is 0 Å². The zero-order chi connectivity index (χ0) is 16.1. The Labute approximate surface area is 135 Å². The van der Waals surface area contributed by atoms with E-state index in [2.05, 4.69) is 30.3 Å². The molecule has 0 amide bonds. The highest BCUT2D eigenvalue weighted by Crippen LogP contribution is 2.15. The van der Waals surface area contributed by atoms with Crippen LogP contribution in [0.1, 0.15) is 63.4 Å². The number of nitrogens with two attached hydrogens (primary N) is 1. The van der Waals surface area contributed by atoms with Gasteiger partial charge in [0.1, 0.15) is 0 Å². The monoisotopic (exact) mass is 307 g/mol. The minimum Gasteiger partial charge on any atom is -0.394 e. The molecule has 3 heteroatoms. The van der Waals surface area contributed by atoms with Crippen molar-refractivity contribution in [2.24, 2.45) is 5.73 Å². The molecule has 4 N–H and O–H groups in total. The highest BCUT2D eigenvalue weighted by atomic mass is 16.3. The van der Waals surface area contributed by atoms with Crippen molar-refractivity contribution in [2.45, 2.75) is 69.7 Å². The van der Waals surface area contributed by atoms with E-state index in [0.29, 0.717) is 6.42 Å². The van der Waals surface area contributed by atoms with Gasteiger partial charge in [-0.3, -0.25) is 0 Å². The molecule has 0 saturated heterocycles. The molecule has 1 aromatic carbocycles. The van der Waals surface area contributed by atoms with Crippen molar-refractivity contribution in [1.82, 2.24) is 0 Å². The molecule has 0 spiro atoms. The highest BCUT2D eigenvalue weighted by Gasteiger charge is 2.21. The molecule has 1 aromatic rings. The summed E-state index contributed by atoms with van der Waals surface area (Å²) in [5.74, 6) is 0. The molecule has 22 heavy (non-hydrogen) atoms. The fourth-order valence-corrected chi connectivity index (χ4v) is 2.72. The maximum absolute atomic E-state index is 9.11. The first-order valence-electron chi connectivity index (χ1n) is 8.75. The predicted molar refractivity (Wildman–Crippen MR) is 92.8 cm³/mol. The van der Waals surface area contributed by atoms with Crippen molar-refractivity contribution in [3.05, 3.63) is 35.9 Å². The van der Waals surface area contributed by atoms with Crippen molar-refractivity contribution in [3.8, 4) is 0 Å². The molecule has 0 heterocycles. The van der Waals surface area contributed by atoms with Gasteiger partial charge in [-0.15, -0.1) is 0 Å². The lowest BCUT2D eigenvalue weighted by atomic mass is 9.94. The van der Waals surface area contributed by atoms with Gasteiger partial charge in [0.05, 0.1) is 18.8 Å². The standard InChI is InChI=1S/C19H33NO2/c20-19(16-21,17-22)15-11-6-4-2-1-3-5-8-12-18-13-9-7-10-14-18/h7,9-10,13-14,21-22H,1-6,8,11-12,15-17,20H2. The summed E-state index contributed by atoms with van der Waals surface area (Å²) in [6, 6.07) is 10.7. The summed E-state index contributed by atoms with van der Waals surface area (Å²) in [6.45, 7) is -0.268. The van der Waals surface area contributed by atoms with Crippen LogP contribution in [0.2, 0.25) is 0 Å². The Morgan fingerprint density at radius 2 is 1.23 bits per heavy atom. The summed E-state index contributed by atoms with van der Waals surface area (Å²) in [5, 5.41) is 18.2. The Hall–Kier alpha value is -0.900. The lowest BCUT2D eigenvalue weighted by Gasteiger charge is -2.24. The fraction of sp³-hybridized carbons (Fsp3) is 0.684. The molecule has 3 nitrogen and oxygen atoms in total. The van der Waals surface area contributed by atoms with Crippen LogP contribution in [0.25, 0.3) is 0 Å². The fourth-order valence-electron chi connectivity index (χ4n) is 2.72. The van der Waals surface area contributed by atoms with E-state index in [0.717, 1.165) is 12.8 Å². The van der Waals surface area contributed by atoms with E-state index in [1.54, 1.807) is 0 Å². The molecule has 0 aliphatic rings. The molecule has 1 rings (SSSR count). The second kappa shape index (κ2) is 11.6. The van der Waals surface area contributed by atoms with Gasteiger partial charge in [0.25, 0.3) is 0 Å². The van der Waals surface area contributed by atoms with Gasteiger partial charge in [0.15, 0.2) is 0 Å². The molecule has 0 aliphatic heterocycles.